The van der Waals surface area contributed by atoms with E-state index in [4.69, 9.17) is 16.6 Å². The molecule has 0 saturated carbocycles. The van der Waals surface area contributed by atoms with Gasteiger partial charge in [0.25, 0.3) is 0 Å². The van der Waals surface area contributed by atoms with Crippen LogP contribution in [0.4, 0.5) is 5.69 Å². The first-order valence-electron chi connectivity index (χ1n) is 7.74. The summed E-state index contributed by atoms with van der Waals surface area (Å²) < 4.78 is 5.31. The zero-order valence-electron chi connectivity index (χ0n) is 13.9. The van der Waals surface area contributed by atoms with Crippen molar-refractivity contribution in [3.63, 3.8) is 0 Å². The Morgan fingerprint density at radius 3 is 2.60 bits per heavy atom. The Balaban J connectivity index is 1.75. The molecule has 5 nitrogen and oxygen atoms in total. The number of fused-ring (bicyclic) bond motifs is 1. The Hall–Kier alpha value is -2.99. The number of nitrogens with one attached hydrogen (secondary N) is 2. The van der Waals surface area contributed by atoms with Crippen molar-refractivity contribution in [2.45, 2.75) is 13.8 Å². The second-order valence-electron chi connectivity index (χ2n) is 5.61. The molecule has 2 aromatic carbocycles. The topological polar surface area (TPSA) is 66.6 Å². The van der Waals surface area contributed by atoms with Gasteiger partial charge >= 0.3 is 5.63 Å². The highest BCUT2D eigenvalue weighted by molar-refractivity contribution is 7.80. The minimum Gasteiger partial charge on any atom is -0.422 e. The molecule has 2 N–H and O–H groups in total. The van der Waals surface area contributed by atoms with E-state index in [1.165, 1.54) is 5.56 Å². The number of thiocarbonyl (C=S) groups is 1. The van der Waals surface area contributed by atoms with Gasteiger partial charge in [0.05, 0.1) is 11.3 Å². The molecule has 0 unspecified atom stereocenters. The van der Waals surface area contributed by atoms with Gasteiger partial charge in [0.1, 0.15) is 5.58 Å². The zero-order valence-corrected chi connectivity index (χ0v) is 14.7. The number of para-hydroxylation sites is 1. The molecular weight excluding hydrogens is 334 g/mol. The summed E-state index contributed by atoms with van der Waals surface area (Å²) in [5.41, 5.74) is 5.78. The number of hydrazone groups is 1. The van der Waals surface area contributed by atoms with Crippen molar-refractivity contribution in [2.75, 3.05) is 5.32 Å². The van der Waals surface area contributed by atoms with Crippen LogP contribution in [0.3, 0.4) is 0 Å². The van der Waals surface area contributed by atoms with Crippen LogP contribution >= 0.6 is 12.2 Å². The number of hydrogen-bond acceptors (Lipinski definition) is 4. The molecule has 0 fully saturated rings. The van der Waals surface area contributed by atoms with E-state index in [9.17, 15) is 4.79 Å². The van der Waals surface area contributed by atoms with Crippen molar-refractivity contribution >= 4 is 39.7 Å². The zero-order chi connectivity index (χ0) is 17.8. The van der Waals surface area contributed by atoms with Crippen molar-refractivity contribution < 1.29 is 4.42 Å². The quantitative estimate of drug-likeness (QED) is 0.325. The van der Waals surface area contributed by atoms with Crippen LogP contribution in [0, 0.1) is 6.92 Å². The maximum Gasteiger partial charge on any atom is 0.345 e. The van der Waals surface area contributed by atoms with Crippen molar-refractivity contribution in [3.8, 4) is 0 Å². The van der Waals surface area contributed by atoms with Crippen LogP contribution in [0.5, 0.6) is 0 Å². The lowest BCUT2D eigenvalue weighted by Crippen LogP contribution is -2.25. The molecule has 0 radical (unpaired) electrons. The Labute approximate surface area is 150 Å². The summed E-state index contributed by atoms with van der Waals surface area (Å²) in [6.07, 6.45) is 0. The molecular formula is C19H17N3O2S. The summed E-state index contributed by atoms with van der Waals surface area (Å²) in [6, 6.07) is 16.9. The van der Waals surface area contributed by atoms with Crippen LogP contribution < -0.4 is 16.4 Å². The highest BCUT2D eigenvalue weighted by atomic mass is 32.1. The first-order chi connectivity index (χ1) is 12.0. The summed E-state index contributed by atoms with van der Waals surface area (Å²) in [5, 5.41) is 8.39. The molecule has 25 heavy (non-hydrogen) atoms. The fourth-order valence-corrected chi connectivity index (χ4v) is 2.47. The standard InChI is InChI=1S/C19H17N3O2S/c1-12-7-9-15(10-8-12)20-19(25)22-21-13(2)16-11-14-5-3-4-6-17(14)24-18(16)23/h3-11H,1-2H3,(H2,20,22,25)/b21-13+. The van der Waals surface area contributed by atoms with Gasteiger partial charge in [0.2, 0.25) is 0 Å². The predicted molar refractivity (Wildman–Crippen MR) is 105 cm³/mol. The van der Waals surface area contributed by atoms with Crippen molar-refractivity contribution in [2.24, 2.45) is 5.10 Å². The molecule has 1 heterocycles. The molecule has 0 aliphatic heterocycles. The molecule has 0 aliphatic carbocycles. The highest BCUT2D eigenvalue weighted by Gasteiger charge is 2.08. The van der Waals surface area contributed by atoms with Gasteiger partial charge in [-0.25, -0.2) is 4.79 Å². The van der Waals surface area contributed by atoms with Gasteiger partial charge in [0, 0.05) is 11.1 Å². The van der Waals surface area contributed by atoms with E-state index >= 15 is 0 Å². The van der Waals surface area contributed by atoms with Crippen LogP contribution in [0.2, 0.25) is 0 Å². The smallest absolute Gasteiger partial charge is 0.345 e. The van der Waals surface area contributed by atoms with Crippen molar-refractivity contribution in [3.05, 3.63) is 76.1 Å². The van der Waals surface area contributed by atoms with Gasteiger partial charge in [-0.15, -0.1) is 0 Å². The fourth-order valence-electron chi connectivity index (χ4n) is 2.30. The molecule has 3 rings (SSSR count). The van der Waals surface area contributed by atoms with Crippen LogP contribution in [0.25, 0.3) is 11.0 Å². The first-order valence-corrected chi connectivity index (χ1v) is 8.15. The summed E-state index contributed by atoms with van der Waals surface area (Å²) in [7, 11) is 0. The molecule has 0 atom stereocenters. The SMILES string of the molecule is C/C(=N\NC(=S)Nc1ccc(C)cc1)c1cc2ccccc2oc1=O. The Kier molecular flexibility index (Phi) is 4.90. The minimum absolute atomic E-state index is 0.341. The van der Waals surface area contributed by atoms with Gasteiger partial charge in [0.15, 0.2) is 5.11 Å². The molecule has 0 amide bonds. The van der Waals surface area contributed by atoms with Gasteiger partial charge in [-0.2, -0.15) is 5.10 Å². The normalized spacial score (nSPS) is 11.4. The van der Waals surface area contributed by atoms with E-state index in [0.29, 0.717) is 22.0 Å². The molecule has 0 spiro atoms. The Bertz CT molecular complexity index is 1010. The molecule has 126 valence electrons. The lowest BCUT2D eigenvalue weighted by molar-refractivity contribution is 0.559. The van der Waals surface area contributed by atoms with E-state index in [2.05, 4.69) is 15.8 Å². The third-order valence-electron chi connectivity index (χ3n) is 3.67. The molecule has 0 bridgehead atoms. The lowest BCUT2D eigenvalue weighted by atomic mass is 10.1. The number of aryl methyl sites for hydroxylation is 1. The van der Waals surface area contributed by atoms with Crippen molar-refractivity contribution in [1.29, 1.82) is 0 Å². The number of hydrogen-bond donors (Lipinski definition) is 2. The summed E-state index contributed by atoms with van der Waals surface area (Å²) in [5.74, 6) is 0. The van der Waals surface area contributed by atoms with E-state index in [0.717, 1.165) is 11.1 Å². The second kappa shape index (κ2) is 7.27. The predicted octanol–water partition coefficient (Wildman–Crippen LogP) is 3.81. The number of benzene rings is 2. The molecule has 0 aliphatic rings. The third-order valence-corrected chi connectivity index (χ3v) is 3.86. The van der Waals surface area contributed by atoms with Gasteiger partial charge < -0.3 is 9.73 Å². The number of rotatable bonds is 3. The van der Waals surface area contributed by atoms with Gasteiger partial charge in [-0.1, -0.05) is 35.9 Å². The van der Waals surface area contributed by atoms with Crippen LogP contribution in [0.15, 0.2) is 68.9 Å². The highest BCUT2D eigenvalue weighted by Crippen LogP contribution is 2.13. The summed E-state index contributed by atoms with van der Waals surface area (Å²) in [4.78, 5) is 12.1. The maximum atomic E-state index is 12.1. The third kappa shape index (κ3) is 4.10. The van der Waals surface area contributed by atoms with Crippen LogP contribution in [-0.2, 0) is 0 Å². The molecule has 1 aromatic heterocycles. The number of nitrogens with zero attached hydrogens (tertiary/aromatic N) is 1. The van der Waals surface area contributed by atoms with Crippen LogP contribution in [-0.4, -0.2) is 10.8 Å². The van der Waals surface area contributed by atoms with E-state index in [1.54, 1.807) is 19.1 Å². The van der Waals surface area contributed by atoms with E-state index in [1.807, 2.05) is 49.4 Å². The number of anilines is 1. The first kappa shape index (κ1) is 16.9. The molecule has 0 saturated heterocycles. The van der Waals surface area contributed by atoms with Gasteiger partial charge in [-0.3, -0.25) is 5.43 Å². The van der Waals surface area contributed by atoms with E-state index < -0.39 is 5.63 Å². The molecule has 3 aromatic rings. The largest absolute Gasteiger partial charge is 0.422 e. The fraction of sp³-hybridized carbons (Fsp3) is 0.105. The summed E-state index contributed by atoms with van der Waals surface area (Å²) in [6.45, 7) is 3.74. The summed E-state index contributed by atoms with van der Waals surface area (Å²) >= 11 is 5.22. The monoisotopic (exact) mass is 351 g/mol. The maximum absolute atomic E-state index is 12.1. The van der Waals surface area contributed by atoms with Crippen molar-refractivity contribution in [1.82, 2.24) is 5.43 Å². The van der Waals surface area contributed by atoms with Crippen LogP contribution in [0.1, 0.15) is 18.1 Å². The second-order valence-corrected chi connectivity index (χ2v) is 6.02. The Morgan fingerprint density at radius 2 is 1.84 bits per heavy atom. The Morgan fingerprint density at radius 1 is 1.12 bits per heavy atom. The average Bonchev–Trinajstić information content (AvgIpc) is 2.61. The average molecular weight is 351 g/mol. The lowest BCUT2D eigenvalue weighted by Gasteiger charge is -2.08. The molecule has 6 heteroatoms. The minimum atomic E-state index is -0.431. The van der Waals surface area contributed by atoms with E-state index in [-0.39, 0.29) is 0 Å². The van der Waals surface area contributed by atoms with Gasteiger partial charge in [-0.05, 0) is 50.3 Å².